The van der Waals surface area contributed by atoms with E-state index < -0.39 is 0 Å². The fraction of sp³-hybridized carbons (Fsp3) is 0.100. The zero-order valence-electron chi connectivity index (χ0n) is 8.68. The molecule has 0 aromatic carbocycles. The van der Waals surface area contributed by atoms with Gasteiger partial charge in [0.25, 0.3) is 5.91 Å². The number of nitrogens with zero attached hydrogens (tertiary/aromatic N) is 2. The van der Waals surface area contributed by atoms with Crippen LogP contribution < -0.4 is 11.1 Å². The average molecular weight is 253 g/mol. The van der Waals surface area contributed by atoms with Gasteiger partial charge in [0, 0.05) is 12.3 Å². The smallest absolute Gasteiger partial charge is 0.253 e. The molecule has 0 fully saturated rings. The maximum absolute atomic E-state index is 11.7. The Morgan fingerprint density at radius 2 is 2.41 bits per heavy atom. The zero-order chi connectivity index (χ0) is 12.3. The summed E-state index contributed by atoms with van der Waals surface area (Å²) in [5, 5.41) is 6.56. The lowest BCUT2D eigenvalue weighted by atomic mass is 10.2. The van der Waals surface area contributed by atoms with Gasteiger partial charge >= 0.3 is 0 Å². The van der Waals surface area contributed by atoms with Gasteiger partial charge in [0.2, 0.25) is 0 Å². The lowest BCUT2D eigenvalue weighted by Gasteiger charge is -2.04. The van der Waals surface area contributed by atoms with Crippen molar-refractivity contribution >= 4 is 23.3 Å². The first-order valence-corrected chi connectivity index (χ1v) is 5.13. The molecule has 17 heavy (non-hydrogen) atoms. The van der Waals surface area contributed by atoms with Gasteiger partial charge in [0.05, 0.1) is 17.1 Å². The summed E-state index contributed by atoms with van der Waals surface area (Å²) in [6, 6.07) is 3.12. The molecule has 2 aromatic rings. The highest BCUT2D eigenvalue weighted by Gasteiger charge is 2.08. The summed E-state index contributed by atoms with van der Waals surface area (Å²) in [4.78, 5) is 15.5. The van der Waals surface area contributed by atoms with Crippen molar-refractivity contribution in [3.8, 4) is 0 Å². The molecule has 0 spiro atoms. The van der Waals surface area contributed by atoms with E-state index in [0.717, 1.165) is 0 Å². The van der Waals surface area contributed by atoms with Crippen LogP contribution in [0.2, 0.25) is 5.02 Å². The maximum atomic E-state index is 11.7. The van der Waals surface area contributed by atoms with Gasteiger partial charge in [-0.1, -0.05) is 16.8 Å². The van der Waals surface area contributed by atoms with E-state index in [-0.39, 0.29) is 23.3 Å². The highest BCUT2D eigenvalue weighted by Crippen LogP contribution is 2.16. The molecule has 1 amide bonds. The first-order valence-electron chi connectivity index (χ1n) is 4.75. The minimum absolute atomic E-state index is 0.194. The third-order valence-electron chi connectivity index (χ3n) is 2.05. The second-order valence-corrected chi connectivity index (χ2v) is 3.67. The topological polar surface area (TPSA) is 94.0 Å². The number of nitrogen functional groups attached to an aromatic ring is 1. The van der Waals surface area contributed by atoms with E-state index in [4.69, 9.17) is 17.3 Å². The molecule has 0 radical (unpaired) electrons. The highest BCUT2D eigenvalue weighted by atomic mass is 35.5. The molecule has 3 N–H and O–H groups in total. The highest BCUT2D eigenvalue weighted by molar-refractivity contribution is 6.33. The van der Waals surface area contributed by atoms with Gasteiger partial charge in [-0.05, 0) is 6.07 Å². The van der Waals surface area contributed by atoms with Gasteiger partial charge < -0.3 is 15.6 Å². The van der Waals surface area contributed by atoms with Gasteiger partial charge in [-0.3, -0.25) is 4.79 Å². The molecule has 0 saturated heterocycles. The van der Waals surface area contributed by atoms with E-state index in [0.29, 0.717) is 11.3 Å². The Kier molecular flexibility index (Phi) is 3.24. The number of halogens is 1. The van der Waals surface area contributed by atoms with E-state index in [1.54, 1.807) is 6.07 Å². The number of rotatable bonds is 3. The quantitative estimate of drug-likeness (QED) is 0.857. The number of nitrogens with two attached hydrogens (primary N) is 1. The standard InChI is InChI=1S/C10H9ClN4O2/c11-8-3-6(4-13-9(8)12)10(16)14-5-7-1-2-17-15-7/h1-4H,5H2,(H2,12,13)(H,14,16). The Hall–Kier alpha value is -2.08. The van der Waals surface area contributed by atoms with Crippen LogP contribution in [0.4, 0.5) is 5.82 Å². The molecule has 88 valence electrons. The number of amides is 1. The molecule has 0 atom stereocenters. The van der Waals surface area contributed by atoms with E-state index in [2.05, 4.69) is 20.0 Å². The number of anilines is 1. The molecule has 0 aliphatic rings. The Morgan fingerprint density at radius 3 is 3.06 bits per heavy atom. The number of hydrogen-bond donors (Lipinski definition) is 2. The lowest BCUT2D eigenvalue weighted by Crippen LogP contribution is -2.23. The van der Waals surface area contributed by atoms with Crippen LogP contribution in [0.3, 0.4) is 0 Å². The van der Waals surface area contributed by atoms with Gasteiger partial charge in [-0.25, -0.2) is 4.98 Å². The monoisotopic (exact) mass is 252 g/mol. The maximum Gasteiger partial charge on any atom is 0.253 e. The molecule has 2 aromatic heterocycles. The molecule has 6 nitrogen and oxygen atoms in total. The van der Waals surface area contributed by atoms with E-state index in [1.165, 1.54) is 18.5 Å². The van der Waals surface area contributed by atoms with Crippen LogP contribution in [0, 0.1) is 0 Å². The largest absolute Gasteiger partial charge is 0.382 e. The summed E-state index contributed by atoms with van der Waals surface area (Å²) in [5.74, 6) is -0.109. The molecule has 0 bridgehead atoms. The van der Waals surface area contributed by atoms with Crippen LogP contribution in [0.1, 0.15) is 16.1 Å². The van der Waals surface area contributed by atoms with Crippen molar-refractivity contribution in [1.29, 1.82) is 0 Å². The molecule has 2 heterocycles. The number of nitrogens with one attached hydrogen (secondary N) is 1. The second kappa shape index (κ2) is 4.84. The molecule has 0 aliphatic heterocycles. The predicted octanol–water partition coefficient (Wildman–Crippen LogP) is 1.24. The van der Waals surface area contributed by atoms with Crippen LogP contribution in [0.5, 0.6) is 0 Å². The normalized spacial score (nSPS) is 10.2. The van der Waals surface area contributed by atoms with Gasteiger partial charge in [0.15, 0.2) is 0 Å². The van der Waals surface area contributed by atoms with Crippen molar-refractivity contribution in [1.82, 2.24) is 15.5 Å². The van der Waals surface area contributed by atoms with Crippen molar-refractivity contribution in [2.24, 2.45) is 0 Å². The van der Waals surface area contributed by atoms with Crippen LogP contribution >= 0.6 is 11.6 Å². The number of aromatic nitrogens is 2. The summed E-state index contributed by atoms with van der Waals surface area (Å²) in [6.45, 7) is 0.275. The number of hydrogen-bond acceptors (Lipinski definition) is 5. The average Bonchev–Trinajstić information content (AvgIpc) is 2.82. The summed E-state index contributed by atoms with van der Waals surface area (Å²) in [7, 11) is 0. The molecule has 0 aliphatic carbocycles. The Morgan fingerprint density at radius 1 is 1.59 bits per heavy atom. The van der Waals surface area contributed by atoms with Gasteiger partial charge in [-0.15, -0.1) is 0 Å². The Balaban J connectivity index is 2.02. The molecular weight excluding hydrogens is 244 g/mol. The van der Waals surface area contributed by atoms with E-state index in [1.807, 2.05) is 0 Å². The summed E-state index contributed by atoms with van der Waals surface area (Å²) in [6.07, 6.45) is 2.79. The van der Waals surface area contributed by atoms with Crippen LogP contribution in [-0.2, 0) is 6.54 Å². The molecule has 0 unspecified atom stereocenters. The van der Waals surface area contributed by atoms with Gasteiger partial charge in [0.1, 0.15) is 17.8 Å². The fourth-order valence-electron chi connectivity index (χ4n) is 1.17. The third kappa shape index (κ3) is 2.73. The number of carbonyl (C=O) groups excluding carboxylic acids is 1. The number of carbonyl (C=O) groups is 1. The summed E-state index contributed by atoms with van der Waals surface area (Å²) < 4.78 is 4.64. The molecule has 2 rings (SSSR count). The summed E-state index contributed by atoms with van der Waals surface area (Å²) >= 11 is 5.76. The number of pyridine rings is 1. The second-order valence-electron chi connectivity index (χ2n) is 3.26. The molecule has 0 saturated carbocycles. The van der Waals surface area contributed by atoms with Crippen molar-refractivity contribution in [2.45, 2.75) is 6.54 Å². The van der Waals surface area contributed by atoms with Crippen molar-refractivity contribution in [3.63, 3.8) is 0 Å². The van der Waals surface area contributed by atoms with Crippen LogP contribution in [0.15, 0.2) is 29.1 Å². The van der Waals surface area contributed by atoms with Crippen molar-refractivity contribution in [3.05, 3.63) is 40.9 Å². The SMILES string of the molecule is Nc1ncc(C(=O)NCc2ccon2)cc1Cl. The van der Waals surface area contributed by atoms with Crippen molar-refractivity contribution in [2.75, 3.05) is 5.73 Å². The predicted molar refractivity (Wildman–Crippen MR) is 61.3 cm³/mol. The lowest BCUT2D eigenvalue weighted by molar-refractivity contribution is 0.0950. The van der Waals surface area contributed by atoms with Crippen LogP contribution in [0.25, 0.3) is 0 Å². The fourth-order valence-corrected chi connectivity index (χ4v) is 1.34. The Bertz CT molecular complexity index is 527. The van der Waals surface area contributed by atoms with E-state index in [9.17, 15) is 4.79 Å². The minimum Gasteiger partial charge on any atom is -0.382 e. The van der Waals surface area contributed by atoms with Crippen LogP contribution in [-0.4, -0.2) is 16.0 Å². The van der Waals surface area contributed by atoms with Crippen molar-refractivity contribution < 1.29 is 9.32 Å². The third-order valence-corrected chi connectivity index (χ3v) is 2.36. The van der Waals surface area contributed by atoms with Gasteiger partial charge in [-0.2, -0.15) is 0 Å². The molecule has 7 heteroatoms. The first-order chi connectivity index (χ1) is 8.16. The molecular formula is C10H9ClN4O2. The Labute approximate surface area is 102 Å². The minimum atomic E-state index is -0.303. The summed E-state index contributed by atoms with van der Waals surface area (Å²) in [5.41, 5.74) is 6.42. The first kappa shape index (κ1) is 11.4. The van der Waals surface area contributed by atoms with E-state index >= 15 is 0 Å². The zero-order valence-corrected chi connectivity index (χ0v) is 9.44.